The molecule has 0 saturated heterocycles. The summed E-state index contributed by atoms with van der Waals surface area (Å²) in [5.41, 5.74) is 9.88. The Morgan fingerprint density at radius 3 is 2.50 bits per heavy atom. The molecule has 0 unspecified atom stereocenters. The summed E-state index contributed by atoms with van der Waals surface area (Å²) < 4.78 is 13.6. The first-order valence-corrected chi connectivity index (χ1v) is 14.6. The lowest BCUT2D eigenvalue weighted by atomic mass is 9.92. The zero-order valence-corrected chi connectivity index (χ0v) is 24.5. The third kappa shape index (κ3) is 7.16. The highest BCUT2D eigenvalue weighted by Crippen LogP contribution is 2.36. The van der Waals surface area contributed by atoms with Crippen molar-refractivity contribution in [2.45, 2.75) is 44.9 Å². The molecule has 10 nitrogen and oxygen atoms in total. The van der Waals surface area contributed by atoms with Crippen molar-refractivity contribution in [1.29, 1.82) is 0 Å². The van der Waals surface area contributed by atoms with Gasteiger partial charge in [0, 0.05) is 49.6 Å². The van der Waals surface area contributed by atoms with Crippen LogP contribution in [0.25, 0.3) is 10.9 Å². The Morgan fingerprint density at radius 2 is 1.75 bits per heavy atom. The molecule has 1 aromatic heterocycles. The average Bonchev–Trinajstić information content (AvgIpc) is 3.43. The van der Waals surface area contributed by atoms with E-state index in [1.54, 1.807) is 59.2 Å². The molecule has 2 heterocycles. The summed E-state index contributed by atoms with van der Waals surface area (Å²) in [6.45, 7) is 2.17. The van der Waals surface area contributed by atoms with E-state index in [0.717, 1.165) is 22.0 Å². The lowest BCUT2D eigenvalue weighted by molar-refractivity contribution is -0.146. The second-order valence-electron chi connectivity index (χ2n) is 10.6. The molecule has 44 heavy (non-hydrogen) atoms. The summed E-state index contributed by atoms with van der Waals surface area (Å²) in [6, 6.07) is 21.6. The highest BCUT2D eigenvalue weighted by Gasteiger charge is 2.30. The summed E-state index contributed by atoms with van der Waals surface area (Å²) >= 11 is 0. The minimum absolute atomic E-state index is 0.0723. The number of aliphatic hydroxyl groups excluding tert-OH is 1. The van der Waals surface area contributed by atoms with Crippen molar-refractivity contribution in [3.05, 3.63) is 108 Å². The van der Waals surface area contributed by atoms with Gasteiger partial charge >= 0.3 is 0 Å². The molecule has 1 aliphatic heterocycles. The summed E-state index contributed by atoms with van der Waals surface area (Å²) in [6.07, 6.45) is 4.63. The monoisotopic (exact) mass is 596 g/mol. The number of carbonyl (C=O) groups is 3. The van der Waals surface area contributed by atoms with Gasteiger partial charge < -0.3 is 30.9 Å². The number of nitrogens with two attached hydrogens (primary N) is 1. The fourth-order valence-corrected chi connectivity index (χ4v) is 5.17. The van der Waals surface area contributed by atoms with Gasteiger partial charge in [-0.3, -0.25) is 19.0 Å². The lowest BCUT2D eigenvalue weighted by Crippen LogP contribution is -2.32. The Balaban J connectivity index is 1.29. The predicted octanol–water partition coefficient (Wildman–Crippen LogP) is 4.96. The first-order chi connectivity index (χ1) is 21.3. The van der Waals surface area contributed by atoms with E-state index in [9.17, 15) is 14.4 Å². The third-order valence-corrected chi connectivity index (χ3v) is 7.50. The molecule has 5 N–H and O–H groups in total. The van der Waals surface area contributed by atoms with Gasteiger partial charge in [0.25, 0.3) is 11.8 Å². The van der Waals surface area contributed by atoms with E-state index in [1.807, 2.05) is 30.5 Å². The number of fused-ring (bicyclic) bond motifs is 1. The average molecular weight is 597 g/mol. The van der Waals surface area contributed by atoms with Crippen molar-refractivity contribution in [3.8, 4) is 0 Å². The van der Waals surface area contributed by atoms with Crippen molar-refractivity contribution in [2.75, 3.05) is 24.3 Å². The zero-order chi connectivity index (χ0) is 31.1. The summed E-state index contributed by atoms with van der Waals surface area (Å²) in [7, 11) is 0. The fourth-order valence-electron chi connectivity index (χ4n) is 5.17. The van der Waals surface area contributed by atoms with Crippen LogP contribution < -0.4 is 16.4 Å². The first-order valence-electron chi connectivity index (χ1n) is 14.6. The number of nitrogen functional groups attached to an aromatic ring is 1. The quantitative estimate of drug-likeness (QED) is 0.142. The molecule has 0 saturated carbocycles. The Kier molecular flexibility index (Phi) is 9.73. The number of para-hydroxylation sites is 3. The minimum Gasteiger partial charge on any atom is -0.459 e. The molecule has 0 radical (unpaired) electrons. The molecule has 1 aliphatic rings. The Hall–Kier alpha value is -4.93. The van der Waals surface area contributed by atoms with Gasteiger partial charge in [0.05, 0.1) is 23.5 Å². The number of unbranched alkanes of at least 4 members (excludes halogenated alkanes) is 1. The van der Waals surface area contributed by atoms with Gasteiger partial charge in [-0.2, -0.15) is 0 Å². The number of nitrogens with zero attached hydrogens (tertiary/aromatic N) is 1. The van der Waals surface area contributed by atoms with Gasteiger partial charge in [0.1, 0.15) is 0 Å². The summed E-state index contributed by atoms with van der Waals surface area (Å²) in [4.78, 5) is 38.3. The van der Waals surface area contributed by atoms with Gasteiger partial charge in [-0.15, -0.1) is 0 Å². The van der Waals surface area contributed by atoms with Gasteiger partial charge in [-0.25, -0.2) is 0 Å². The molecule has 0 bridgehead atoms. The van der Waals surface area contributed by atoms with Crippen LogP contribution in [0.2, 0.25) is 0 Å². The molecule has 4 aromatic rings. The second-order valence-corrected chi connectivity index (χ2v) is 10.6. The largest absolute Gasteiger partial charge is 0.459 e. The Labute approximate surface area is 255 Å². The normalized spacial score (nSPS) is 16.2. The van der Waals surface area contributed by atoms with Crippen LogP contribution in [0.4, 0.5) is 11.4 Å². The molecule has 0 fully saturated rings. The van der Waals surface area contributed by atoms with Crippen LogP contribution in [0.15, 0.2) is 90.8 Å². The van der Waals surface area contributed by atoms with E-state index in [-0.39, 0.29) is 36.6 Å². The van der Waals surface area contributed by atoms with Gasteiger partial charge in [0.15, 0.2) is 5.76 Å². The molecule has 0 spiro atoms. The van der Waals surface area contributed by atoms with Gasteiger partial charge in [0.2, 0.25) is 12.2 Å². The number of rotatable bonds is 11. The molecule has 2 amide bonds. The number of carbonyl (C=O) groups excluding carboxylic acids is 3. The highest BCUT2D eigenvalue weighted by molar-refractivity contribution is 6.05. The Morgan fingerprint density at radius 1 is 1.00 bits per heavy atom. The third-order valence-electron chi connectivity index (χ3n) is 7.50. The van der Waals surface area contributed by atoms with Crippen molar-refractivity contribution in [1.82, 2.24) is 9.88 Å². The molecular weight excluding hydrogens is 560 g/mol. The van der Waals surface area contributed by atoms with Crippen LogP contribution in [0, 0.1) is 0 Å². The molecule has 3 aromatic carbocycles. The summed E-state index contributed by atoms with van der Waals surface area (Å²) in [5.74, 6) is -0.915. The van der Waals surface area contributed by atoms with Crippen LogP contribution in [-0.4, -0.2) is 46.9 Å². The van der Waals surface area contributed by atoms with Gasteiger partial charge in [-0.05, 0) is 60.4 Å². The van der Waals surface area contributed by atoms with Crippen molar-refractivity contribution >= 4 is 40.0 Å². The number of benzene rings is 3. The number of anilines is 2. The van der Waals surface area contributed by atoms with E-state index in [4.69, 9.17) is 20.3 Å². The summed E-state index contributed by atoms with van der Waals surface area (Å²) in [5, 5.41) is 15.7. The number of hydrogen-bond donors (Lipinski definition) is 4. The number of amides is 2. The van der Waals surface area contributed by atoms with Crippen molar-refractivity contribution < 1.29 is 29.0 Å². The molecule has 0 aliphatic carbocycles. The van der Waals surface area contributed by atoms with E-state index in [2.05, 4.69) is 10.6 Å². The predicted molar refractivity (Wildman–Crippen MR) is 168 cm³/mol. The number of aliphatic hydroxyl groups is 1. The number of hydrogen-bond acceptors (Lipinski definition) is 7. The topological polar surface area (TPSA) is 145 Å². The molecule has 10 heteroatoms. The smallest absolute Gasteiger partial charge is 0.286 e. The first kappa shape index (κ1) is 30.5. The van der Waals surface area contributed by atoms with Crippen molar-refractivity contribution in [3.63, 3.8) is 0 Å². The number of ether oxygens (including phenoxy) is 2. The molecular formula is C34H36N4O6. The SMILES string of the molecule is CC(=O)n1cc([C@@H]2C=C(C(=O)NCc3ccc(C(=O)Nc4ccccc4N)cc3)O[C@H](OCCCCO)C2)c2ccccc21. The maximum absolute atomic E-state index is 13.3. The van der Waals surface area contributed by atoms with E-state index < -0.39 is 12.2 Å². The van der Waals surface area contributed by atoms with Crippen LogP contribution in [0.1, 0.15) is 58.4 Å². The fraction of sp³-hybridized carbons (Fsp3) is 0.265. The van der Waals surface area contributed by atoms with E-state index in [1.165, 1.54) is 6.92 Å². The highest BCUT2D eigenvalue weighted by atomic mass is 16.7. The van der Waals surface area contributed by atoms with E-state index >= 15 is 0 Å². The van der Waals surface area contributed by atoms with E-state index in [0.29, 0.717) is 42.8 Å². The molecule has 5 rings (SSSR count). The molecule has 2 atom stereocenters. The number of nitrogens with one attached hydrogen (secondary N) is 2. The van der Waals surface area contributed by atoms with Gasteiger partial charge in [-0.1, -0.05) is 42.5 Å². The van der Waals surface area contributed by atoms with Crippen molar-refractivity contribution in [2.24, 2.45) is 0 Å². The van der Waals surface area contributed by atoms with Crippen LogP contribution in [0.3, 0.4) is 0 Å². The second kappa shape index (κ2) is 14.0. The lowest BCUT2D eigenvalue weighted by Gasteiger charge is -2.29. The number of aromatic nitrogens is 1. The number of allylic oxidation sites excluding steroid dienone is 1. The molecule has 228 valence electrons. The van der Waals surface area contributed by atoms with Crippen LogP contribution in [-0.2, 0) is 20.8 Å². The van der Waals surface area contributed by atoms with Crippen LogP contribution >= 0.6 is 0 Å². The standard InChI is InChI=1S/C34H36N4O6/c1-22(40)38-21-27(26-8-2-5-11-30(26)38)25-18-31(44-32(19-25)43-17-7-6-16-39)34(42)36-20-23-12-14-24(15-13-23)33(41)37-29-10-4-3-9-28(29)35/h2-5,8-15,18,21,25,32,39H,6-7,16-17,19-20,35H2,1H3,(H,36,42)(H,37,41)/t25-,32+/m1/s1. The Bertz CT molecular complexity index is 1680. The maximum Gasteiger partial charge on any atom is 0.286 e. The minimum atomic E-state index is -0.680. The van der Waals surface area contributed by atoms with Crippen LogP contribution in [0.5, 0.6) is 0 Å². The zero-order valence-electron chi connectivity index (χ0n) is 24.5. The maximum atomic E-state index is 13.3.